The minimum Gasteiger partial charge on any atom is -0.462 e. The van der Waals surface area contributed by atoms with Gasteiger partial charge in [0.1, 0.15) is 13.2 Å². The molecule has 0 aliphatic rings. The van der Waals surface area contributed by atoms with Crippen LogP contribution in [0.2, 0.25) is 0 Å². The van der Waals surface area contributed by atoms with E-state index < -0.39 is 6.10 Å². The van der Waals surface area contributed by atoms with E-state index in [0.29, 0.717) is 19.3 Å². The Bertz CT molecular complexity index is 1420. The second kappa shape index (κ2) is 50.2. The molecule has 0 spiro atoms. The van der Waals surface area contributed by atoms with Gasteiger partial charge in [0.2, 0.25) is 0 Å². The molecule has 0 fully saturated rings. The molecule has 0 rings (SSSR count). The summed E-state index contributed by atoms with van der Waals surface area (Å²) in [5, 5.41) is 0. The van der Waals surface area contributed by atoms with E-state index in [-0.39, 0.29) is 44.0 Å². The highest BCUT2D eigenvalue weighted by molar-refractivity contribution is 5.71. The molecule has 352 valence electrons. The van der Waals surface area contributed by atoms with Crippen LogP contribution in [0.3, 0.4) is 0 Å². The maximum atomic E-state index is 12.8. The van der Waals surface area contributed by atoms with Crippen LogP contribution in [-0.4, -0.2) is 37.2 Å². The number of ether oxygens (including phenoxy) is 3. The summed E-state index contributed by atoms with van der Waals surface area (Å²) < 4.78 is 16.7. The predicted molar refractivity (Wildman–Crippen MR) is 269 cm³/mol. The Morgan fingerprint density at radius 1 is 0.349 bits per heavy atom. The summed E-state index contributed by atoms with van der Waals surface area (Å²) in [6.45, 7) is 6.24. The number of unbranched alkanes of at least 4 members (excludes halogenated alkanes) is 13. The van der Waals surface area contributed by atoms with Crippen LogP contribution >= 0.6 is 0 Å². The number of rotatable bonds is 42. The molecule has 63 heavy (non-hydrogen) atoms. The number of allylic oxidation sites excluding steroid dienone is 22. The van der Waals surface area contributed by atoms with E-state index in [1.807, 2.05) is 48.6 Å². The Morgan fingerprint density at radius 2 is 0.714 bits per heavy atom. The van der Waals surface area contributed by atoms with Gasteiger partial charge in [-0.3, -0.25) is 14.4 Å². The standard InChI is InChI=1S/C57H88O6/c1-4-7-10-13-16-19-22-25-27-28-30-32-35-38-41-44-47-50-56(59)62-53-54(52-61-55(58)49-46-43-40-37-34-31-24-21-18-15-12-9-6-3)63-57(60)51-48-45-42-39-36-33-29-26-23-20-17-14-11-8-5-2/h7-8,10-11,14,16-17,19-20,23,25-27,29-34,36,38,41,54H,4-6,9,12-13,15,18,21-22,24,28,35,37,39-40,42-53H2,1-3H3/b10-7-,11-8-,17-14-,19-16-,23-20-,27-25-,29-26-,32-30-,34-31-,36-33-,41-38-. The Balaban J connectivity index is 4.61. The summed E-state index contributed by atoms with van der Waals surface area (Å²) in [7, 11) is 0. The number of hydrogen-bond donors (Lipinski definition) is 0. The molecule has 0 radical (unpaired) electrons. The lowest BCUT2D eigenvalue weighted by Crippen LogP contribution is -2.30. The Kier molecular flexibility index (Phi) is 46.7. The molecule has 6 nitrogen and oxygen atoms in total. The van der Waals surface area contributed by atoms with Gasteiger partial charge in [-0.1, -0.05) is 199 Å². The van der Waals surface area contributed by atoms with Crippen molar-refractivity contribution < 1.29 is 28.6 Å². The maximum absolute atomic E-state index is 12.8. The molecule has 0 aromatic rings. The zero-order valence-electron chi connectivity index (χ0n) is 40.0. The smallest absolute Gasteiger partial charge is 0.306 e. The Morgan fingerprint density at radius 3 is 1.24 bits per heavy atom. The molecule has 0 N–H and O–H groups in total. The second-order valence-electron chi connectivity index (χ2n) is 15.7. The normalized spacial score (nSPS) is 13.3. The Hall–Kier alpha value is -4.45. The van der Waals surface area contributed by atoms with Crippen LogP contribution < -0.4 is 0 Å². The largest absolute Gasteiger partial charge is 0.462 e. The molecule has 0 heterocycles. The van der Waals surface area contributed by atoms with E-state index in [1.54, 1.807) is 0 Å². The summed E-state index contributed by atoms with van der Waals surface area (Å²) in [5.74, 6) is -1.06. The molecule has 0 saturated heterocycles. The molecule has 0 aliphatic carbocycles. The summed E-state index contributed by atoms with van der Waals surface area (Å²) >= 11 is 0. The first-order valence-electron chi connectivity index (χ1n) is 24.8. The summed E-state index contributed by atoms with van der Waals surface area (Å²) in [5.41, 5.74) is 0. The second-order valence-corrected chi connectivity index (χ2v) is 15.7. The van der Waals surface area contributed by atoms with Crippen molar-refractivity contribution in [3.63, 3.8) is 0 Å². The van der Waals surface area contributed by atoms with Gasteiger partial charge in [-0.25, -0.2) is 0 Å². The van der Waals surface area contributed by atoms with Gasteiger partial charge in [0.05, 0.1) is 0 Å². The van der Waals surface area contributed by atoms with Crippen LogP contribution in [0.25, 0.3) is 0 Å². The fourth-order valence-corrected chi connectivity index (χ4v) is 6.08. The quantitative estimate of drug-likeness (QED) is 0.0200. The van der Waals surface area contributed by atoms with Gasteiger partial charge < -0.3 is 14.2 Å². The minimum atomic E-state index is -0.833. The SMILES string of the molecule is CC\C=C/C=C\C=C/C=C\C=C/CCCCCC(=O)OC(COC(=O)CCC/C=C\C/C=C\C/C=C\C/C=C\C/C=C\CC)COC(=O)CCCCC/C=C\CCCCCCCC. The Labute approximate surface area is 385 Å². The van der Waals surface area contributed by atoms with E-state index in [9.17, 15) is 14.4 Å². The fraction of sp³-hybridized carbons (Fsp3) is 0.561. The van der Waals surface area contributed by atoms with Crippen molar-refractivity contribution in [2.24, 2.45) is 0 Å². The number of hydrogen-bond acceptors (Lipinski definition) is 6. The average molecular weight is 869 g/mol. The lowest BCUT2D eigenvalue weighted by atomic mass is 10.1. The molecule has 6 heteroatoms. The summed E-state index contributed by atoms with van der Waals surface area (Å²) in [6, 6.07) is 0. The van der Waals surface area contributed by atoms with Crippen LogP contribution in [0.4, 0.5) is 0 Å². The zero-order valence-corrected chi connectivity index (χ0v) is 40.0. The van der Waals surface area contributed by atoms with E-state index in [0.717, 1.165) is 96.3 Å². The van der Waals surface area contributed by atoms with Gasteiger partial charge in [0.25, 0.3) is 0 Å². The molecule has 0 aliphatic heterocycles. The molecule has 0 bridgehead atoms. The summed E-state index contributed by atoms with van der Waals surface area (Å²) in [6.07, 6.45) is 70.1. The van der Waals surface area contributed by atoms with Crippen molar-refractivity contribution in [1.82, 2.24) is 0 Å². The van der Waals surface area contributed by atoms with Crippen molar-refractivity contribution in [3.8, 4) is 0 Å². The first-order valence-corrected chi connectivity index (χ1v) is 24.8. The molecule has 0 aromatic heterocycles. The highest BCUT2D eigenvalue weighted by Gasteiger charge is 2.19. The molecule has 0 aromatic carbocycles. The van der Waals surface area contributed by atoms with Gasteiger partial charge in [0, 0.05) is 19.3 Å². The highest BCUT2D eigenvalue weighted by atomic mass is 16.6. The van der Waals surface area contributed by atoms with Crippen LogP contribution in [-0.2, 0) is 28.6 Å². The summed E-state index contributed by atoms with van der Waals surface area (Å²) in [4.78, 5) is 37.9. The topological polar surface area (TPSA) is 78.9 Å². The number of esters is 3. The fourth-order valence-electron chi connectivity index (χ4n) is 6.08. The van der Waals surface area contributed by atoms with Gasteiger partial charge in [-0.05, 0) is 103 Å². The third-order valence-electron chi connectivity index (χ3n) is 9.75. The van der Waals surface area contributed by atoms with E-state index in [1.165, 1.54) is 38.5 Å². The molecule has 0 amide bonds. The highest BCUT2D eigenvalue weighted by Crippen LogP contribution is 2.11. The van der Waals surface area contributed by atoms with Crippen LogP contribution in [0.5, 0.6) is 0 Å². The zero-order chi connectivity index (χ0) is 45.8. The maximum Gasteiger partial charge on any atom is 0.306 e. The third-order valence-corrected chi connectivity index (χ3v) is 9.75. The van der Waals surface area contributed by atoms with Crippen molar-refractivity contribution in [1.29, 1.82) is 0 Å². The molecule has 0 saturated carbocycles. The third kappa shape index (κ3) is 48.4. The number of carbonyl (C=O) groups is 3. The van der Waals surface area contributed by atoms with Crippen LogP contribution in [0, 0.1) is 0 Å². The van der Waals surface area contributed by atoms with Gasteiger partial charge in [-0.15, -0.1) is 0 Å². The minimum absolute atomic E-state index is 0.126. The van der Waals surface area contributed by atoms with Crippen molar-refractivity contribution in [3.05, 3.63) is 134 Å². The average Bonchev–Trinajstić information content (AvgIpc) is 3.28. The lowest BCUT2D eigenvalue weighted by Gasteiger charge is -2.18. The van der Waals surface area contributed by atoms with Crippen molar-refractivity contribution in [2.45, 2.75) is 194 Å². The van der Waals surface area contributed by atoms with E-state index in [4.69, 9.17) is 14.2 Å². The monoisotopic (exact) mass is 869 g/mol. The molecular weight excluding hydrogens is 781 g/mol. The van der Waals surface area contributed by atoms with Crippen molar-refractivity contribution in [2.75, 3.05) is 13.2 Å². The van der Waals surface area contributed by atoms with E-state index >= 15 is 0 Å². The lowest BCUT2D eigenvalue weighted by molar-refractivity contribution is -0.167. The molecule has 1 unspecified atom stereocenters. The van der Waals surface area contributed by atoms with Crippen molar-refractivity contribution >= 4 is 17.9 Å². The predicted octanol–water partition coefficient (Wildman–Crippen LogP) is 16.3. The van der Waals surface area contributed by atoms with Crippen LogP contribution in [0.1, 0.15) is 188 Å². The first-order chi connectivity index (χ1) is 31.0. The number of carbonyl (C=O) groups excluding carboxylic acids is 3. The van der Waals surface area contributed by atoms with Gasteiger partial charge in [0.15, 0.2) is 6.10 Å². The molecule has 1 atom stereocenters. The van der Waals surface area contributed by atoms with E-state index in [2.05, 4.69) is 106 Å². The first kappa shape index (κ1) is 58.6. The van der Waals surface area contributed by atoms with Gasteiger partial charge in [-0.2, -0.15) is 0 Å². The van der Waals surface area contributed by atoms with Crippen LogP contribution in [0.15, 0.2) is 134 Å². The van der Waals surface area contributed by atoms with Gasteiger partial charge >= 0.3 is 17.9 Å². The molecular formula is C57H88O6.